The molecule has 1 aromatic carbocycles. The zero-order chi connectivity index (χ0) is 15.7. The molecule has 6 nitrogen and oxygen atoms in total. The fourth-order valence-electron chi connectivity index (χ4n) is 1.69. The van der Waals surface area contributed by atoms with Crippen LogP contribution in [0.1, 0.15) is 18.9 Å². The first kappa shape index (κ1) is 17.0. The number of aliphatic carboxylic acids is 1. The van der Waals surface area contributed by atoms with Crippen molar-refractivity contribution < 1.29 is 24.2 Å². The molecule has 1 unspecified atom stereocenters. The van der Waals surface area contributed by atoms with Crippen LogP contribution in [0.3, 0.4) is 0 Å². The molecule has 0 saturated heterocycles. The van der Waals surface area contributed by atoms with E-state index in [4.69, 9.17) is 14.6 Å². The van der Waals surface area contributed by atoms with Crippen molar-refractivity contribution in [3.05, 3.63) is 29.8 Å². The molecule has 116 valence electrons. The molecule has 0 fully saturated rings. The number of carbonyl (C=O) groups is 2. The van der Waals surface area contributed by atoms with Gasteiger partial charge in [0, 0.05) is 20.3 Å². The predicted octanol–water partition coefficient (Wildman–Crippen LogP) is 1.23. The molecule has 1 aromatic rings. The maximum atomic E-state index is 11.8. The third kappa shape index (κ3) is 6.76. The van der Waals surface area contributed by atoms with Crippen molar-refractivity contribution in [3.63, 3.8) is 0 Å². The Balaban J connectivity index is 2.41. The van der Waals surface area contributed by atoms with Crippen LogP contribution in [0.5, 0.6) is 5.75 Å². The van der Waals surface area contributed by atoms with Gasteiger partial charge in [-0.1, -0.05) is 12.1 Å². The first-order valence-electron chi connectivity index (χ1n) is 6.77. The highest BCUT2D eigenvalue weighted by molar-refractivity contribution is 5.80. The first-order chi connectivity index (χ1) is 10.0. The second kappa shape index (κ2) is 8.97. The maximum absolute atomic E-state index is 11.8. The lowest BCUT2D eigenvalue weighted by molar-refractivity contribution is -0.136. The number of carboxylic acids is 1. The van der Waals surface area contributed by atoms with Gasteiger partial charge in [0.25, 0.3) is 5.91 Å². The van der Waals surface area contributed by atoms with Crippen LogP contribution in [0, 0.1) is 0 Å². The van der Waals surface area contributed by atoms with Crippen LogP contribution in [-0.2, 0) is 20.7 Å². The van der Waals surface area contributed by atoms with Gasteiger partial charge in [0.15, 0.2) is 6.10 Å². The Morgan fingerprint density at radius 2 is 1.95 bits per heavy atom. The molecule has 2 N–H and O–H groups in total. The van der Waals surface area contributed by atoms with E-state index in [1.165, 1.54) is 0 Å². The Morgan fingerprint density at radius 1 is 1.29 bits per heavy atom. The second-order valence-electron chi connectivity index (χ2n) is 4.61. The minimum atomic E-state index is -0.882. The number of benzene rings is 1. The maximum Gasteiger partial charge on any atom is 0.307 e. The topological polar surface area (TPSA) is 84.9 Å². The molecule has 0 saturated carbocycles. The number of hydrogen-bond donors (Lipinski definition) is 2. The van der Waals surface area contributed by atoms with Gasteiger partial charge < -0.3 is 19.9 Å². The fraction of sp³-hybridized carbons (Fsp3) is 0.467. The van der Waals surface area contributed by atoms with Gasteiger partial charge in [-0.05, 0) is 31.0 Å². The highest BCUT2D eigenvalue weighted by Gasteiger charge is 2.13. The SMILES string of the molecule is COCCCNC(=O)C(C)Oc1ccc(CC(=O)O)cc1. The summed E-state index contributed by atoms with van der Waals surface area (Å²) in [4.78, 5) is 22.3. The minimum Gasteiger partial charge on any atom is -0.481 e. The predicted molar refractivity (Wildman–Crippen MR) is 77.4 cm³/mol. The van der Waals surface area contributed by atoms with Gasteiger partial charge in [-0.2, -0.15) is 0 Å². The molecule has 0 radical (unpaired) electrons. The quantitative estimate of drug-likeness (QED) is 0.669. The van der Waals surface area contributed by atoms with E-state index < -0.39 is 12.1 Å². The van der Waals surface area contributed by atoms with Crippen LogP contribution >= 0.6 is 0 Å². The average molecular weight is 295 g/mol. The van der Waals surface area contributed by atoms with Gasteiger partial charge in [-0.15, -0.1) is 0 Å². The summed E-state index contributed by atoms with van der Waals surface area (Å²) < 4.78 is 10.4. The van der Waals surface area contributed by atoms with Gasteiger partial charge in [0.2, 0.25) is 0 Å². The van der Waals surface area contributed by atoms with E-state index in [9.17, 15) is 9.59 Å². The van der Waals surface area contributed by atoms with Gasteiger partial charge in [-0.25, -0.2) is 0 Å². The Kier molecular flexibility index (Phi) is 7.25. The van der Waals surface area contributed by atoms with Crippen LogP contribution < -0.4 is 10.1 Å². The number of carbonyl (C=O) groups excluding carboxylic acids is 1. The van der Waals surface area contributed by atoms with E-state index in [0.717, 1.165) is 6.42 Å². The molecule has 0 bridgehead atoms. The van der Waals surface area contributed by atoms with Crippen LogP contribution in [-0.4, -0.2) is 43.3 Å². The highest BCUT2D eigenvalue weighted by Crippen LogP contribution is 2.14. The van der Waals surface area contributed by atoms with E-state index >= 15 is 0 Å². The minimum absolute atomic E-state index is 0.0319. The van der Waals surface area contributed by atoms with Gasteiger partial charge >= 0.3 is 5.97 Å². The summed E-state index contributed by atoms with van der Waals surface area (Å²) in [5.74, 6) is -0.545. The number of carboxylic acid groups (broad SMARTS) is 1. The highest BCUT2D eigenvalue weighted by atomic mass is 16.5. The van der Waals surface area contributed by atoms with E-state index in [-0.39, 0.29) is 12.3 Å². The van der Waals surface area contributed by atoms with Crippen LogP contribution in [0.15, 0.2) is 24.3 Å². The molecule has 1 amide bonds. The van der Waals surface area contributed by atoms with Crippen molar-refractivity contribution >= 4 is 11.9 Å². The molecule has 1 rings (SSSR count). The third-order valence-corrected chi connectivity index (χ3v) is 2.79. The Hall–Kier alpha value is -2.08. The van der Waals surface area contributed by atoms with E-state index in [2.05, 4.69) is 5.32 Å². The zero-order valence-electron chi connectivity index (χ0n) is 12.3. The lowest BCUT2D eigenvalue weighted by atomic mass is 10.1. The second-order valence-corrected chi connectivity index (χ2v) is 4.61. The number of methoxy groups -OCH3 is 1. The van der Waals surface area contributed by atoms with Gasteiger partial charge in [0.05, 0.1) is 6.42 Å². The summed E-state index contributed by atoms with van der Waals surface area (Å²) in [6, 6.07) is 6.67. The summed E-state index contributed by atoms with van der Waals surface area (Å²) in [6.45, 7) is 2.80. The molecular weight excluding hydrogens is 274 g/mol. The van der Waals surface area contributed by atoms with Crippen LogP contribution in [0.2, 0.25) is 0 Å². The summed E-state index contributed by atoms with van der Waals surface area (Å²) in [5, 5.41) is 11.4. The first-order valence-corrected chi connectivity index (χ1v) is 6.77. The van der Waals surface area contributed by atoms with Crippen LogP contribution in [0.4, 0.5) is 0 Å². The van der Waals surface area contributed by atoms with Crippen molar-refractivity contribution in [2.75, 3.05) is 20.3 Å². The summed E-state index contributed by atoms with van der Waals surface area (Å²) in [6.07, 6.45) is 0.104. The van der Waals surface area contributed by atoms with Crippen molar-refractivity contribution in [1.82, 2.24) is 5.32 Å². The zero-order valence-corrected chi connectivity index (χ0v) is 12.3. The molecule has 0 aliphatic rings. The van der Waals surface area contributed by atoms with E-state index in [1.807, 2.05) is 0 Å². The van der Waals surface area contributed by atoms with Gasteiger partial charge in [-0.3, -0.25) is 9.59 Å². The largest absolute Gasteiger partial charge is 0.481 e. The fourth-order valence-corrected chi connectivity index (χ4v) is 1.69. The number of hydrogen-bond acceptors (Lipinski definition) is 4. The Morgan fingerprint density at radius 3 is 2.52 bits per heavy atom. The third-order valence-electron chi connectivity index (χ3n) is 2.79. The smallest absolute Gasteiger partial charge is 0.307 e. The molecular formula is C15H21NO5. The van der Waals surface area contributed by atoms with Crippen molar-refractivity contribution in [3.8, 4) is 5.75 Å². The average Bonchev–Trinajstić information content (AvgIpc) is 2.45. The molecule has 0 aliphatic heterocycles. The van der Waals surface area contributed by atoms with Crippen molar-refractivity contribution in [1.29, 1.82) is 0 Å². The summed E-state index contributed by atoms with van der Waals surface area (Å²) in [7, 11) is 1.61. The number of nitrogens with one attached hydrogen (secondary N) is 1. The molecule has 0 aromatic heterocycles. The van der Waals surface area contributed by atoms with Gasteiger partial charge in [0.1, 0.15) is 5.75 Å². The molecule has 1 atom stereocenters. The standard InChI is InChI=1S/C15H21NO5/c1-11(15(19)16-8-3-9-20-2)21-13-6-4-12(5-7-13)10-14(17)18/h4-7,11H,3,8-10H2,1-2H3,(H,16,19)(H,17,18). The molecule has 0 aliphatic carbocycles. The monoisotopic (exact) mass is 295 g/mol. The Labute approximate surface area is 124 Å². The lowest BCUT2D eigenvalue weighted by Gasteiger charge is -2.14. The molecule has 21 heavy (non-hydrogen) atoms. The Bertz CT molecular complexity index is 458. The lowest BCUT2D eigenvalue weighted by Crippen LogP contribution is -2.37. The normalized spacial score (nSPS) is 11.7. The summed E-state index contributed by atoms with van der Waals surface area (Å²) in [5.41, 5.74) is 0.687. The number of rotatable bonds is 9. The van der Waals surface area contributed by atoms with Crippen molar-refractivity contribution in [2.45, 2.75) is 25.9 Å². The number of amides is 1. The molecule has 0 spiro atoms. The van der Waals surface area contributed by atoms with E-state index in [1.54, 1.807) is 38.3 Å². The van der Waals surface area contributed by atoms with E-state index in [0.29, 0.717) is 24.5 Å². The van der Waals surface area contributed by atoms with Crippen molar-refractivity contribution in [2.24, 2.45) is 0 Å². The van der Waals surface area contributed by atoms with Crippen LogP contribution in [0.25, 0.3) is 0 Å². The number of ether oxygens (including phenoxy) is 2. The molecule has 6 heteroatoms. The summed E-state index contributed by atoms with van der Waals surface area (Å²) >= 11 is 0. The molecule has 0 heterocycles.